The highest BCUT2D eigenvalue weighted by molar-refractivity contribution is 7.14. The summed E-state index contributed by atoms with van der Waals surface area (Å²) in [6, 6.07) is 5.61. The van der Waals surface area contributed by atoms with Gasteiger partial charge in [-0.1, -0.05) is 26.0 Å². The van der Waals surface area contributed by atoms with Gasteiger partial charge in [0.15, 0.2) is 5.78 Å². The molecule has 0 bridgehead atoms. The molecule has 0 unspecified atom stereocenters. The molecule has 2 aliphatic rings. The minimum absolute atomic E-state index is 0.286. The summed E-state index contributed by atoms with van der Waals surface area (Å²) in [6.45, 7) is 8.79. The molecule has 1 heterocycles. The molecule has 0 radical (unpaired) electrons. The molecule has 0 spiro atoms. The van der Waals surface area contributed by atoms with Crippen molar-refractivity contribution in [3.63, 3.8) is 0 Å². The van der Waals surface area contributed by atoms with Crippen LogP contribution in [0.5, 0.6) is 5.75 Å². The average Bonchev–Trinajstić information content (AvgIpc) is 2.88. The van der Waals surface area contributed by atoms with Crippen LogP contribution in [-0.4, -0.2) is 10.9 Å². The van der Waals surface area contributed by atoms with Crippen LogP contribution in [0.3, 0.4) is 0 Å². The fraction of sp³-hybridized carbons (Fsp3) is 0.476. The Bertz CT molecular complexity index is 844. The van der Waals surface area contributed by atoms with Crippen LogP contribution in [0.2, 0.25) is 0 Å². The van der Waals surface area contributed by atoms with E-state index in [9.17, 15) is 9.90 Å². The number of ketones is 1. The number of aromatic hydroxyl groups is 1. The van der Waals surface area contributed by atoms with E-state index in [0.717, 1.165) is 34.8 Å². The molecule has 1 aromatic carbocycles. The normalized spacial score (nSPS) is 23.0. The highest BCUT2D eigenvalue weighted by Crippen LogP contribution is 2.71. The van der Waals surface area contributed by atoms with Gasteiger partial charge in [-0.05, 0) is 72.3 Å². The summed E-state index contributed by atoms with van der Waals surface area (Å²) in [5, 5.41) is 9.61. The van der Waals surface area contributed by atoms with Gasteiger partial charge in [0.2, 0.25) is 0 Å². The molecule has 1 aromatic heterocycles. The van der Waals surface area contributed by atoms with Gasteiger partial charge in [-0.15, -0.1) is 11.3 Å². The molecule has 24 heavy (non-hydrogen) atoms. The van der Waals surface area contributed by atoms with Gasteiger partial charge in [-0.3, -0.25) is 4.79 Å². The second kappa shape index (κ2) is 5.19. The van der Waals surface area contributed by atoms with Gasteiger partial charge in [0.05, 0.1) is 4.88 Å². The minimum atomic E-state index is 0.286. The third-order valence-electron chi connectivity index (χ3n) is 6.17. The number of rotatable bonds is 4. The lowest BCUT2D eigenvalue weighted by Gasteiger charge is -2.10. The topological polar surface area (TPSA) is 37.3 Å². The molecule has 4 rings (SSSR count). The van der Waals surface area contributed by atoms with Crippen LogP contribution in [0.4, 0.5) is 0 Å². The number of hydrogen-bond donors (Lipinski definition) is 1. The summed E-state index contributed by atoms with van der Waals surface area (Å²) < 4.78 is 0. The Hall–Kier alpha value is -1.61. The Morgan fingerprint density at radius 1 is 1.33 bits per heavy atom. The van der Waals surface area contributed by atoms with Crippen LogP contribution in [0.1, 0.15) is 63.0 Å². The van der Waals surface area contributed by atoms with Crippen LogP contribution < -0.4 is 0 Å². The molecule has 0 aliphatic heterocycles. The zero-order valence-electron chi connectivity index (χ0n) is 14.8. The van der Waals surface area contributed by atoms with Gasteiger partial charge in [0, 0.05) is 11.3 Å². The number of benzene rings is 1. The molecule has 2 atom stereocenters. The molecule has 3 heteroatoms. The van der Waals surface area contributed by atoms with Gasteiger partial charge >= 0.3 is 0 Å². The molecule has 0 saturated heterocycles. The number of carbonyl (C=O) groups is 1. The van der Waals surface area contributed by atoms with Gasteiger partial charge in [-0.2, -0.15) is 0 Å². The molecule has 0 amide bonds. The number of hydrogen-bond acceptors (Lipinski definition) is 3. The van der Waals surface area contributed by atoms with E-state index in [1.807, 2.05) is 19.1 Å². The Morgan fingerprint density at radius 3 is 2.79 bits per heavy atom. The van der Waals surface area contributed by atoms with E-state index >= 15 is 0 Å². The Balaban J connectivity index is 1.51. The highest BCUT2D eigenvalue weighted by atomic mass is 32.1. The molecule has 126 valence electrons. The summed E-state index contributed by atoms with van der Waals surface area (Å²) in [7, 11) is 0. The Morgan fingerprint density at radius 2 is 2.08 bits per heavy atom. The zero-order chi connectivity index (χ0) is 17.2. The summed E-state index contributed by atoms with van der Waals surface area (Å²) >= 11 is 1.71. The lowest BCUT2D eigenvalue weighted by atomic mass is 9.94. The number of aryl methyl sites for hydroxylation is 3. The van der Waals surface area contributed by atoms with Crippen molar-refractivity contribution in [1.29, 1.82) is 0 Å². The van der Waals surface area contributed by atoms with Crippen molar-refractivity contribution in [2.24, 2.45) is 11.3 Å². The lowest BCUT2D eigenvalue weighted by Crippen LogP contribution is -2.05. The van der Waals surface area contributed by atoms with E-state index in [1.165, 1.54) is 16.0 Å². The molecule has 1 fully saturated rings. The molecular weight excluding hydrogens is 316 g/mol. The first-order valence-corrected chi connectivity index (χ1v) is 9.56. The van der Waals surface area contributed by atoms with Crippen molar-refractivity contribution in [2.45, 2.75) is 52.9 Å². The van der Waals surface area contributed by atoms with Crippen molar-refractivity contribution >= 4 is 17.1 Å². The Kier molecular flexibility index (Phi) is 3.44. The van der Waals surface area contributed by atoms with E-state index in [4.69, 9.17) is 0 Å². The van der Waals surface area contributed by atoms with Crippen LogP contribution in [0.25, 0.3) is 0 Å². The number of thiophene rings is 1. The van der Waals surface area contributed by atoms with Gasteiger partial charge in [-0.25, -0.2) is 0 Å². The smallest absolute Gasteiger partial charge is 0.173 e. The quantitative estimate of drug-likeness (QED) is 0.779. The first kappa shape index (κ1) is 15.9. The van der Waals surface area contributed by atoms with Crippen LogP contribution >= 0.6 is 11.3 Å². The highest BCUT2D eigenvalue weighted by Gasteiger charge is 2.63. The second-order valence-electron chi connectivity index (χ2n) is 8.03. The first-order chi connectivity index (χ1) is 11.3. The number of Topliss-reactive ketones (excluding diaryl/α,β-unsaturated/α-hetero) is 1. The van der Waals surface area contributed by atoms with E-state index in [1.54, 1.807) is 17.4 Å². The van der Waals surface area contributed by atoms with Gasteiger partial charge in [0.1, 0.15) is 5.75 Å². The van der Waals surface area contributed by atoms with Crippen LogP contribution in [0, 0.1) is 25.2 Å². The number of fused-ring (bicyclic) bond motifs is 3. The van der Waals surface area contributed by atoms with E-state index < -0.39 is 0 Å². The maximum Gasteiger partial charge on any atom is 0.173 e. The first-order valence-electron chi connectivity index (χ1n) is 8.74. The summed E-state index contributed by atoms with van der Waals surface area (Å²) in [5.41, 5.74) is 5.28. The summed E-state index contributed by atoms with van der Waals surface area (Å²) in [6.07, 6.45) is 2.39. The summed E-state index contributed by atoms with van der Waals surface area (Å²) in [4.78, 5) is 15.2. The monoisotopic (exact) mass is 340 g/mol. The average molecular weight is 340 g/mol. The maximum atomic E-state index is 12.8. The fourth-order valence-electron chi connectivity index (χ4n) is 4.60. The molecule has 2 aromatic rings. The molecule has 1 N–H and O–H groups in total. The zero-order valence-corrected chi connectivity index (χ0v) is 15.6. The largest absolute Gasteiger partial charge is 0.508 e. The maximum absolute atomic E-state index is 12.8. The standard InChI is InChI=1S/C21H24O2S/c1-11-9-13(5-7-16(11)22)6-8-17(23)20-14-10-15-19(21(15,3)4)18(14)12(2)24-20/h5,7,9,15,19,22H,6,8,10H2,1-4H3/t15-,19-/m1/s1. The van der Waals surface area contributed by atoms with Gasteiger partial charge in [0.25, 0.3) is 0 Å². The van der Waals surface area contributed by atoms with E-state index in [0.29, 0.717) is 23.5 Å². The SMILES string of the molecule is Cc1cc(CCC(=O)c2sc(C)c3c2C[C@@H]2[C@H]3C2(C)C)ccc1O. The minimum Gasteiger partial charge on any atom is -0.508 e. The number of phenols is 1. The van der Waals surface area contributed by atoms with Crippen molar-refractivity contribution in [2.75, 3.05) is 0 Å². The van der Waals surface area contributed by atoms with Crippen molar-refractivity contribution in [3.8, 4) is 5.75 Å². The predicted octanol–water partition coefficient (Wildman–Crippen LogP) is 5.18. The third-order valence-corrected chi connectivity index (χ3v) is 7.38. The fourth-order valence-corrected chi connectivity index (χ4v) is 5.80. The Labute approximate surface area is 147 Å². The predicted molar refractivity (Wildman–Crippen MR) is 98.3 cm³/mol. The molecule has 2 nitrogen and oxygen atoms in total. The number of carbonyl (C=O) groups excluding carboxylic acids is 1. The van der Waals surface area contributed by atoms with Crippen molar-refractivity contribution < 1.29 is 9.90 Å². The van der Waals surface area contributed by atoms with Crippen molar-refractivity contribution in [3.05, 3.63) is 50.2 Å². The molecule has 2 aliphatic carbocycles. The third kappa shape index (κ3) is 2.25. The van der Waals surface area contributed by atoms with E-state index in [2.05, 4.69) is 20.8 Å². The van der Waals surface area contributed by atoms with E-state index in [-0.39, 0.29) is 5.78 Å². The van der Waals surface area contributed by atoms with Crippen LogP contribution in [0.15, 0.2) is 18.2 Å². The van der Waals surface area contributed by atoms with Gasteiger partial charge < -0.3 is 5.11 Å². The summed E-state index contributed by atoms with van der Waals surface area (Å²) in [5.74, 6) is 2.04. The van der Waals surface area contributed by atoms with Crippen LogP contribution in [-0.2, 0) is 12.8 Å². The lowest BCUT2D eigenvalue weighted by molar-refractivity contribution is 0.0986. The molecule has 1 saturated carbocycles. The second-order valence-corrected chi connectivity index (χ2v) is 9.26. The van der Waals surface area contributed by atoms with Crippen molar-refractivity contribution in [1.82, 2.24) is 0 Å². The molecular formula is C21H24O2S. The number of phenolic OH excluding ortho intramolecular Hbond substituents is 1.